The first-order chi connectivity index (χ1) is 10.2. The van der Waals surface area contributed by atoms with Gasteiger partial charge in [0.1, 0.15) is 5.01 Å². The standard InChI is InChI=1S/C17H20N2OS/c1-13-4-2-3-5-14(13)6-9-17(20)19(15-7-8-15)12-16-18-10-11-21-16/h2-5,10-11,15H,6-9,12H2,1H3. The third-order valence-corrected chi connectivity index (χ3v) is 4.73. The van der Waals surface area contributed by atoms with Gasteiger partial charge in [0, 0.05) is 24.0 Å². The highest BCUT2D eigenvalue weighted by Crippen LogP contribution is 2.29. The van der Waals surface area contributed by atoms with Crippen LogP contribution in [0.25, 0.3) is 0 Å². The van der Waals surface area contributed by atoms with Gasteiger partial charge in [0.2, 0.25) is 5.91 Å². The molecule has 4 heteroatoms. The number of thiazole rings is 1. The Kier molecular flexibility index (Phi) is 4.34. The van der Waals surface area contributed by atoms with Gasteiger partial charge in [0.25, 0.3) is 0 Å². The number of benzene rings is 1. The Morgan fingerprint density at radius 2 is 2.19 bits per heavy atom. The summed E-state index contributed by atoms with van der Waals surface area (Å²) in [4.78, 5) is 18.9. The molecule has 1 amide bonds. The molecule has 2 aromatic rings. The largest absolute Gasteiger partial charge is 0.333 e. The zero-order chi connectivity index (χ0) is 14.7. The molecular weight excluding hydrogens is 280 g/mol. The predicted octanol–water partition coefficient (Wildman–Crippen LogP) is 3.58. The Balaban J connectivity index is 1.61. The van der Waals surface area contributed by atoms with Crippen LogP contribution in [0.5, 0.6) is 0 Å². The summed E-state index contributed by atoms with van der Waals surface area (Å²) in [5.74, 6) is 0.260. The number of hydrogen-bond acceptors (Lipinski definition) is 3. The summed E-state index contributed by atoms with van der Waals surface area (Å²) in [7, 11) is 0. The lowest BCUT2D eigenvalue weighted by atomic mass is 10.0. The SMILES string of the molecule is Cc1ccccc1CCC(=O)N(Cc1nccs1)C1CC1. The molecule has 1 aliphatic rings. The summed E-state index contributed by atoms with van der Waals surface area (Å²) < 4.78 is 0. The number of aryl methyl sites for hydroxylation is 2. The third-order valence-electron chi connectivity index (χ3n) is 3.97. The summed E-state index contributed by atoms with van der Waals surface area (Å²) in [5.41, 5.74) is 2.54. The van der Waals surface area contributed by atoms with Gasteiger partial charge in [-0.2, -0.15) is 0 Å². The van der Waals surface area contributed by atoms with Crippen LogP contribution >= 0.6 is 11.3 Å². The van der Waals surface area contributed by atoms with E-state index in [2.05, 4.69) is 24.0 Å². The lowest BCUT2D eigenvalue weighted by Crippen LogP contribution is -2.32. The maximum atomic E-state index is 12.5. The molecule has 21 heavy (non-hydrogen) atoms. The Bertz CT molecular complexity index is 605. The molecule has 0 bridgehead atoms. The van der Waals surface area contributed by atoms with Crippen molar-refractivity contribution in [1.82, 2.24) is 9.88 Å². The molecule has 0 spiro atoms. The number of carbonyl (C=O) groups is 1. The lowest BCUT2D eigenvalue weighted by molar-refractivity contribution is -0.132. The molecule has 0 unspecified atom stereocenters. The molecule has 0 saturated heterocycles. The Hall–Kier alpha value is -1.68. The van der Waals surface area contributed by atoms with Crippen molar-refractivity contribution in [3.05, 3.63) is 52.0 Å². The molecule has 110 valence electrons. The minimum Gasteiger partial charge on any atom is -0.333 e. The van der Waals surface area contributed by atoms with Crippen molar-refractivity contribution in [3.63, 3.8) is 0 Å². The van der Waals surface area contributed by atoms with E-state index in [1.807, 2.05) is 28.6 Å². The molecule has 0 aliphatic heterocycles. The third kappa shape index (κ3) is 3.70. The van der Waals surface area contributed by atoms with Gasteiger partial charge in [-0.1, -0.05) is 24.3 Å². The van der Waals surface area contributed by atoms with E-state index in [-0.39, 0.29) is 5.91 Å². The fourth-order valence-electron chi connectivity index (χ4n) is 2.56. The van der Waals surface area contributed by atoms with Crippen molar-refractivity contribution < 1.29 is 4.79 Å². The molecule has 1 fully saturated rings. The van der Waals surface area contributed by atoms with Gasteiger partial charge < -0.3 is 4.90 Å². The molecule has 1 aromatic carbocycles. The van der Waals surface area contributed by atoms with E-state index < -0.39 is 0 Å². The highest BCUT2D eigenvalue weighted by Gasteiger charge is 2.32. The second-order valence-electron chi connectivity index (χ2n) is 5.61. The topological polar surface area (TPSA) is 33.2 Å². The monoisotopic (exact) mass is 300 g/mol. The number of hydrogen-bond donors (Lipinski definition) is 0. The van der Waals surface area contributed by atoms with Crippen LogP contribution in [-0.4, -0.2) is 21.8 Å². The first kappa shape index (κ1) is 14.3. The van der Waals surface area contributed by atoms with Crippen molar-refractivity contribution in [3.8, 4) is 0 Å². The van der Waals surface area contributed by atoms with Gasteiger partial charge >= 0.3 is 0 Å². The van der Waals surface area contributed by atoms with Gasteiger partial charge in [0.05, 0.1) is 6.54 Å². The van der Waals surface area contributed by atoms with E-state index in [4.69, 9.17) is 0 Å². The molecule has 3 nitrogen and oxygen atoms in total. The van der Waals surface area contributed by atoms with E-state index in [0.29, 0.717) is 19.0 Å². The number of rotatable bonds is 6. The molecule has 1 saturated carbocycles. The fourth-order valence-corrected chi connectivity index (χ4v) is 3.17. The van der Waals surface area contributed by atoms with Crippen molar-refractivity contribution >= 4 is 17.2 Å². The smallest absolute Gasteiger partial charge is 0.223 e. The molecule has 1 aliphatic carbocycles. The van der Waals surface area contributed by atoms with Crippen molar-refractivity contribution in [1.29, 1.82) is 0 Å². The summed E-state index contributed by atoms with van der Waals surface area (Å²) >= 11 is 1.63. The van der Waals surface area contributed by atoms with Crippen LogP contribution in [0.2, 0.25) is 0 Å². The Morgan fingerprint density at radius 3 is 2.86 bits per heavy atom. The highest BCUT2D eigenvalue weighted by atomic mass is 32.1. The molecule has 3 rings (SSSR count). The van der Waals surface area contributed by atoms with Crippen LogP contribution in [0.15, 0.2) is 35.8 Å². The maximum Gasteiger partial charge on any atom is 0.223 e. The normalized spacial score (nSPS) is 14.1. The molecule has 1 heterocycles. The van der Waals surface area contributed by atoms with Gasteiger partial charge in [0.15, 0.2) is 0 Å². The minimum atomic E-state index is 0.260. The lowest BCUT2D eigenvalue weighted by Gasteiger charge is -2.21. The molecule has 0 radical (unpaired) electrons. The van der Waals surface area contributed by atoms with E-state index in [1.54, 1.807) is 11.3 Å². The van der Waals surface area contributed by atoms with Crippen LogP contribution in [0.4, 0.5) is 0 Å². The van der Waals surface area contributed by atoms with E-state index in [9.17, 15) is 4.79 Å². The second-order valence-corrected chi connectivity index (χ2v) is 6.58. The Labute approximate surface area is 129 Å². The fraction of sp³-hybridized carbons (Fsp3) is 0.412. The quantitative estimate of drug-likeness (QED) is 0.817. The molecule has 1 aromatic heterocycles. The summed E-state index contributed by atoms with van der Waals surface area (Å²) in [5, 5.41) is 3.00. The zero-order valence-electron chi connectivity index (χ0n) is 12.3. The maximum absolute atomic E-state index is 12.5. The van der Waals surface area contributed by atoms with E-state index in [0.717, 1.165) is 24.3 Å². The number of nitrogens with zero attached hydrogens (tertiary/aromatic N) is 2. The van der Waals surface area contributed by atoms with Gasteiger partial charge in [-0.25, -0.2) is 4.98 Å². The van der Waals surface area contributed by atoms with Crippen LogP contribution in [-0.2, 0) is 17.8 Å². The number of amides is 1. The van der Waals surface area contributed by atoms with Crippen molar-refractivity contribution in [2.75, 3.05) is 0 Å². The van der Waals surface area contributed by atoms with Gasteiger partial charge in [-0.05, 0) is 37.3 Å². The van der Waals surface area contributed by atoms with Crippen LogP contribution in [0.1, 0.15) is 35.4 Å². The Morgan fingerprint density at radius 1 is 1.38 bits per heavy atom. The average Bonchev–Trinajstić information content (AvgIpc) is 3.20. The van der Waals surface area contributed by atoms with Gasteiger partial charge in [-0.3, -0.25) is 4.79 Å². The zero-order valence-corrected chi connectivity index (χ0v) is 13.1. The highest BCUT2D eigenvalue weighted by molar-refractivity contribution is 7.09. The number of aromatic nitrogens is 1. The molecule has 0 atom stereocenters. The van der Waals surface area contributed by atoms with E-state index in [1.165, 1.54) is 11.1 Å². The summed E-state index contributed by atoms with van der Waals surface area (Å²) in [6.45, 7) is 2.78. The molecule has 0 N–H and O–H groups in total. The van der Waals surface area contributed by atoms with Crippen LogP contribution < -0.4 is 0 Å². The van der Waals surface area contributed by atoms with Crippen LogP contribution in [0.3, 0.4) is 0 Å². The average molecular weight is 300 g/mol. The number of carbonyl (C=O) groups excluding carboxylic acids is 1. The minimum absolute atomic E-state index is 0.260. The second kappa shape index (κ2) is 6.39. The summed E-state index contributed by atoms with van der Waals surface area (Å²) in [6.07, 6.45) is 5.51. The summed E-state index contributed by atoms with van der Waals surface area (Å²) in [6, 6.07) is 8.75. The van der Waals surface area contributed by atoms with Crippen molar-refractivity contribution in [2.45, 2.75) is 45.2 Å². The molecular formula is C17H20N2OS. The first-order valence-corrected chi connectivity index (χ1v) is 8.34. The predicted molar refractivity (Wildman–Crippen MR) is 85.2 cm³/mol. The first-order valence-electron chi connectivity index (χ1n) is 7.46. The van der Waals surface area contributed by atoms with E-state index >= 15 is 0 Å². The van der Waals surface area contributed by atoms with Crippen molar-refractivity contribution in [2.24, 2.45) is 0 Å². The van der Waals surface area contributed by atoms with Gasteiger partial charge in [-0.15, -0.1) is 11.3 Å². The van der Waals surface area contributed by atoms with Crippen LogP contribution in [0, 0.1) is 6.92 Å².